The number of nitrogens with zero attached hydrogens (tertiary/aromatic N) is 1. The van der Waals surface area contributed by atoms with Gasteiger partial charge in [0.1, 0.15) is 4.90 Å². The van der Waals surface area contributed by atoms with E-state index in [4.69, 9.17) is 5.73 Å². The normalized spacial score (nSPS) is 18.4. The summed E-state index contributed by atoms with van der Waals surface area (Å²) >= 11 is 0. The van der Waals surface area contributed by atoms with Crippen LogP contribution < -0.4 is 11.1 Å². The highest BCUT2D eigenvalue weighted by Gasteiger charge is 2.43. The van der Waals surface area contributed by atoms with Crippen molar-refractivity contribution in [3.05, 3.63) is 29.3 Å². The Morgan fingerprint density at radius 2 is 1.88 bits per heavy atom. The molecule has 0 saturated carbocycles. The lowest BCUT2D eigenvalue weighted by molar-refractivity contribution is 0.0843. The van der Waals surface area contributed by atoms with Crippen molar-refractivity contribution in [3.63, 3.8) is 0 Å². The molecule has 1 unspecified atom stereocenters. The molecule has 1 aliphatic heterocycles. The van der Waals surface area contributed by atoms with Crippen molar-refractivity contribution in [1.82, 2.24) is 9.62 Å². The lowest BCUT2D eigenvalue weighted by Crippen LogP contribution is -2.55. The van der Waals surface area contributed by atoms with E-state index >= 15 is 0 Å². The molecule has 1 aliphatic rings. The molecule has 2 amide bonds. The maximum atomic E-state index is 12.6. The highest BCUT2D eigenvalue weighted by atomic mass is 32.2. The Hall–Kier alpha value is -1.93. The van der Waals surface area contributed by atoms with Crippen LogP contribution in [-0.4, -0.2) is 42.7 Å². The zero-order valence-corrected chi connectivity index (χ0v) is 16.0. The molecule has 3 N–H and O–H groups in total. The first-order valence-electron chi connectivity index (χ1n) is 8.21. The molecule has 8 heteroatoms. The Labute approximate surface area is 148 Å². The van der Waals surface area contributed by atoms with Crippen LogP contribution >= 0.6 is 0 Å². The van der Waals surface area contributed by atoms with Crippen LogP contribution in [0, 0.1) is 5.92 Å². The van der Waals surface area contributed by atoms with Crippen LogP contribution in [0.25, 0.3) is 0 Å². The number of carbonyl (C=O) groups is 2. The van der Waals surface area contributed by atoms with Gasteiger partial charge in [-0.1, -0.05) is 13.8 Å². The van der Waals surface area contributed by atoms with Gasteiger partial charge in [0, 0.05) is 18.2 Å². The van der Waals surface area contributed by atoms with Crippen molar-refractivity contribution in [2.45, 2.75) is 51.1 Å². The highest BCUT2D eigenvalue weighted by molar-refractivity contribution is 7.90. The van der Waals surface area contributed by atoms with E-state index in [9.17, 15) is 18.0 Å². The lowest BCUT2D eigenvalue weighted by atomic mass is 9.88. The maximum Gasteiger partial charge on any atom is 0.269 e. The summed E-state index contributed by atoms with van der Waals surface area (Å²) in [6.45, 7) is 9.23. The lowest BCUT2D eigenvalue weighted by Gasteiger charge is -2.33. The SMILES string of the molecule is CC(C)N1C(=O)c2ccc(C(=O)NC(C)(CN)C(C)C)cc2S1(=O)=O. The molecule has 0 radical (unpaired) electrons. The van der Waals surface area contributed by atoms with Crippen LogP contribution in [0.1, 0.15) is 55.3 Å². The quantitative estimate of drug-likeness (QED) is 0.816. The van der Waals surface area contributed by atoms with Gasteiger partial charge in [0.2, 0.25) is 0 Å². The maximum absolute atomic E-state index is 12.6. The Bertz CT molecular complexity index is 817. The van der Waals surface area contributed by atoms with Crippen molar-refractivity contribution in [1.29, 1.82) is 0 Å². The second-order valence-corrected chi connectivity index (χ2v) is 8.92. The third-order valence-corrected chi connectivity index (χ3v) is 6.78. The number of sulfonamides is 1. The van der Waals surface area contributed by atoms with Gasteiger partial charge in [-0.05, 0) is 44.9 Å². The third kappa shape index (κ3) is 3.16. The van der Waals surface area contributed by atoms with Crippen LogP contribution in [0.3, 0.4) is 0 Å². The van der Waals surface area contributed by atoms with Gasteiger partial charge in [-0.15, -0.1) is 0 Å². The topological polar surface area (TPSA) is 110 Å². The molecule has 1 aromatic rings. The summed E-state index contributed by atoms with van der Waals surface area (Å²) in [6, 6.07) is 3.62. The van der Waals surface area contributed by atoms with Gasteiger partial charge in [-0.3, -0.25) is 9.59 Å². The zero-order valence-electron chi connectivity index (χ0n) is 15.2. The minimum atomic E-state index is -3.94. The van der Waals surface area contributed by atoms with E-state index in [1.807, 2.05) is 20.8 Å². The second kappa shape index (κ2) is 6.42. The summed E-state index contributed by atoms with van der Waals surface area (Å²) in [4.78, 5) is 24.8. The number of hydrogen-bond donors (Lipinski definition) is 2. The molecule has 1 heterocycles. The summed E-state index contributed by atoms with van der Waals surface area (Å²) in [7, 11) is -3.94. The number of carbonyl (C=O) groups excluding carboxylic acids is 2. The molecule has 7 nitrogen and oxygen atoms in total. The predicted molar refractivity (Wildman–Crippen MR) is 94.7 cm³/mol. The molecule has 0 aliphatic carbocycles. The van der Waals surface area contributed by atoms with E-state index < -0.39 is 33.4 Å². The summed E-state index contributed by atoms with van der Waals surface area (Å²) in [6.07, 6.45) is 0. The average Bonchev–Trinajstić information content (AvgIpc) is 2.72. The number of rotatable bonds is 5. The second-order valence-electron chi connectivity index (χ2n) is 7.14. The zero-order chi connectivity index (χ0) is 19.2. The summed E-state index contributed by atoms with van der Waals surface area (Å²) in [5, 5.41) is 2.87. The number of nitrogens with one attached hydrogen (secondary N) is 1. The first-order chi connectivity index (χ1) is 11.5. The van der Waals surface area contributed by atoms with E-state index in [0.29, 0.717) is 0 Å². The van der Waals surface area contributed by atoms with Crippen molar-refractivity contribution < 1.29 is 18.0 Å². The first kappa shape index (κ1) is 19.4. The number of nitrogens with two attached hydrogens (primary N) is 1. The standard InChI is InChI=1S/C17H25N3O4S/c1-10(2)17(5,9-18)19-15(21)12-6-7-13-14(8-12)25(23,24)20(11(3)4)16(13)22/h6-8,10-11H,9,18H2,1-5H3,(H,19,21). The van der Waals surface area contributed by atoms with Crippen molar-refractivity contribution in [2.24, 2.45) is 11.7 Å². The molecule has 0 saturated heterocycles. The molecule has 2 rings (SSSR count). The monoisotopic (exact) mass is 367 g/mol. The molecular formula is C17H25N3O4S. The minimum absolute atomic E-state index is 0.0932. The molecule has 1 aromatic carbocycles. The number of fused-ring (bicyclic) bond motifs is 1. The Morgan fingerprint density at radius 3 is 2.36 bits per heavy atom. The van der Waals surface area contributed by atoms with Gasteiger partial charge < -0.3 is 11.1 Å². The molecule has 0 bridgehead atoms. The van der Waals surface area contributed by atoms with Gasteiger partial charge in [0.15, 0.2) is 0 Å². The average molecular weight is 367 g/mol. The summed E-state index contributed by atoms with van der Waals surface area (Å²) in [5.74, 6) is -0.890. The molecule has 138 valence electrons. The van der Waals surface area contributed by atoms with Crippen LogP contribution in [-0.2, 0) is 10.0 Å². The van der Waals surface area contributed by atoms with Crippen LogP contribution in [0.5, 0.6) is 0 Å². The number of benzene rings is 1. The van der Waals surface area contributed by atoms with Crippen molar-refractivity contribution in [3.8, 4) is 0 Å². The molecule has 0 spiro atoms. The smallest absolute Gasteiger partial charge is 0.269 e. The van der Waals surface area contributed by atoms with Crippen LogP contribution in [0.2, 0.25) is 0 Å². The summed E-state index contributed by atoms with van der Waals surface area (Å²) < 4.78 is 26.1. The van der Waals surface area contributed by atoms with Crippen LogP contribution in [0.4, 0.5) is 0 Å². The van der Waals surface area contributed by atoms with E-state index in [-0.39, 0.29) is 28.5 Å². The van der Waals surface area contributed by atoms with Gasteiger partial charge in [0.25, 0.3) is 21.8 Å². The Morgan fingerprint density at radius 1 is 1.28 bits per heavy atom. The highest BCUT2D eigenvalue weighted by Crippen LogP contribution is 2.32. The number of hydrogen-bond acceptors (Lipinski definition) is 5. The molecule has 1 atom stereocenters. The van der Waals surface area contributed by atoms with E-state index in [0.717, 1.165) is 4.31 Å². The predicted octanol–water partition coefficient (Wildman–Crippen LogP) is 1.34. The van der Waals surface area contributed by atoms with Gasteiger partial charge in [0.05, 0.1) is 11.1 Å². The van der Waals surface area contributed by atoms with E-state index in [2.05, 4.69) is 5.32 Å². The van der Waals surface area contributed by atoms with Crippen molar-refractivity contribution in [2.75, 3.05) is 6.54 Å². The van der Waals surface area contributed by atoms with E-state index in [1.54, 1.807) is 13.8 Å². The largest absolute Gasteiger partial charge is 0.345 e. The first-order valence-corrected chi connectivity index (χ1v) is 9.65. The number of amides is 2. The van der Waals surface area contributed by atoms with Crippen molar-refractivity contribution >= 4 is 21.8 Å². The van der Waals surface area contributed by atoms with Gasteiger partial charge in [-0.25, -0.2) is 12.7 Å². The van der Waals surface area contributed by atoms with Gasteiger partial charge in [-0.2, -0.15) is 0 Å². The summed E-state index contributed by atoms with van der Waals surface area (Å²) in [5.41, 5.74) is 5.43. The fraction of sp³-hybridized carbons (Fsp3) is 0.529. The fourth-order valence-corrected chi connectivity index (χ4v) is 4.45. The molecular weight excluding hydrogens is 342 g/mol. The fourth-order valence-electron chi connectivity index (χ4n) is 2.66. The van der Waals surface area contributed by atoms with E-state index in [1.165, 1.54) is 18.2 Å². The Kier molecular flexibility index (Phi) is 4.98. The molecule has 0 fully saturated rings. The minimum Gasteiger partial charge on any atom is -0.345 e. The molecule has 0 aromatic heterocycles. The Balaban J connectivity index is 2.43. The third-order valence-electron chi connectivity index (χ3n) is 4.78. The van der Waals surface area contributed by atoms with Crippen LogP contribution in [0.15, 0.2) is 23.1 Å². The molecule has 25 heavy (non-hydrogen) atoms. The van der Waals surface area contributed by atoms with Gasteiger partial charge >= 0.3 is 0 Å².